The highest BCUT2D eigenvalue weighted by Crippen LogP contribution is 2.22. The minimum Gasteiger partial charge on any atom is -0.339 e. The summed E-state index contributed by atoms with van der Waals surface area (Å²) in [5.74, 6) is 0.154. The molecule has 0 aliphatic carbocycles. The molecule has 1 N–H and O–H groups in total. The lowest BCUT2D eigenvalue weighted by Crippen LogP contribution is -2.48. The van der Waals surface area contributed by atoms with Crippen molar-refractivity contribution >= 4 is 29.3 Å². The number of imidazole rings is 1. The number of hydrogen-bond acceptors (Lipinski definition) is 4. The van der Waals surface area contributed by atoms with E-state index in [4.69, 9.17) is 11.6 Å². The van der Waals surface area contributed by atoms with Crippen molar-refractivity contribution in [2.24, 2.45) is 0 Å². The zero-order valence-electron chi connectivity index (χ0n) is 18.0. The molecule has 1 saturated heterocycles. The summed E-state index contributed by atoms with van der Waals surface area (Å²) in [5.41, 5.74) is 3.77. The van der Waals surface area contributed by atoms with Crippen LogP contribution in [0.3, 0.4) is 0 Å². The van der Waals surface area contributed by atoms with Gasteiger partial charge in [0.15, 0.2) is 5.16 Å². The molecule has 2 heterocycles. The number of benzene rings is 2. The van der Waals surface area contributed by atoms with Crippen LogP contribution in [0.1, 0.15) is 22.5 Å². The van der Waals surface area contributed by atoms with E-state index in [-0.39, 0.29) is 11.7 Å². The van der Waals surface area contributed by atoms with Crippen molar-refractivity contribution in [1.82, 2.24) is 19.8 Å². The number of hydrogen-bond donors (Lipinski definition) is 1. The largest absolute Gasteiger partial charge is 0.339 e. The van der Waals surface area contributed by atoms with Crippen LogP contribution < -0.4 is 0 Å². The van der Waals surface area contributed by atoms with Crippen molar-refractivity contribution in [2.45, 2.75) is 25.0 Å². The molecule has 0 spiro atoms. The van der Waals surface area contributed by atoms with Gasteiger partial charge in [0, 0.05) is 55.4 Å². The van der Waals surface area contributed by atoms with Crippen LogP contribution in [-0.2, 0) is 17.8 Å². The van der Waals surface area contributed by atoms with Crippen LogP contribution in [-0.4, -0.2) is 57.6 Å². The maximum absolute atomic E-state index is 14.0. The topological polar surface area (TPSA) is 52.2 Å². The third-order valence-corrected chi connectivity index (χ3v) is 6.89. The van der Waals surface area contributed by atoms with Gasteiger partial charge in [0.05, 0.1) is 11.4 Å². The number of carbonyl (C=O) groups excluding carboxylic acids is 1. The zero-order chi connectivity index (χ0) is 22.5. The Labute approximate surface area is 197 Å². The van der Waals surface area contributed by atoms with E-state index in [1.807, 2.05) is 30.0 Å². The molecule has 5 nitrogen and oxygen atoms in total. The van der Waals surface area contributed by atoms with Crippen molar-refractivity contribution in [3.8, 4) is 0 Å². The number of piperazine rings is 1. The normalized spacial score (nSPS) is 14.7. The van der Waals surface area contributed by atoms with Gasteiger partial charge in [0.25, 0.3) is 0 Å². The number of rotatable bonds is 7. The highest BCUT2D eigenvalue weighted by Gasteiger charge is 2.23. The Hall–Kier alpha value is -2.35. The van der Waals surface area contributed by atoms with Crippen molar-refractivity contribution in [1.29, 1.82) is 0 Å². The smallest absolute Gasteiger partial charge is 0.233 e. The molecule has 0 bridgehead atoms. The van der Waals surface area contributed by atoms with Crippen LogP contribution in [0.15, 0.2) is 53.7 Å². The van der Waals surface area contributed by atoms with E-state index < -0.39 is 0 Å². The molecule has 1 fully saturated rings. The molecule has 0 atom stereocenters. The quantitative estimate of drug-likeness (QED) is 0.513. The first-order chi connectivity index (χ1) is 15.5. The van der Waals surface area contributed by atoms with Crippen LogP contribution in [0.25, 0.3) is 0 Å². The molecule has 0 saturated carbocycles. The van der Waals surface area contributed by atoms with E-state index in [1.165, 1.54) is 23.4 Å². The van der Waals surface area contributed by atoms with Crippen molar-refractivity contribution in [3.05, 3.63) is 81.9 Å². The van der Waals surface area contributed by atoms with Crippen LogP contribution in [0, 0.1) is 12.7 Å². The first kappa shape index (κ1) is 22.8. The minimum atomic E-state index is -0.284. The van der Waals surface area contributed by atoms with Gasteiger partial charge >= 0.3 is 0 Å². The first-order valence-corrected chi connectivity index (χ1v) is 12.0. The molecular weight excluding hydrogens is 447 g/mol. The fraction of sp³-hybridized carbons (Fsp3) is 0.333. The Kier molecular flexibility index (Phi) is 7.50. The van der Waals surface area contributed by atoms with Crippen molar-refractivity contribution in [2.75, 3.05) is 31.9 Å². The summed E-state index contributed by atoms with van der Waals surface area (Å²) in [4.78, 5) is 24.7. The highest BCUT2D eigenvalue weighted by atomic mass is 35.5. The number of nitrogens with zero attached hydrogens (tertiary/aromatic N) is 3. The maximum Gasteiger partial charge on any atom is 0.233 e. The van der Waals surface area contributed by atoms with E-state index in [1.54, 1.807) is 12.1 Å². The Morgan fingerprint density at radius 3 is 2.59 bits per heavy atom. The second kappa shape index (κ2) is 10.5. The van der Waals surface area contributed by atoms with E-state index in [9.17, 15) is 9.18 Å². The molecule has 2 aromatic carbocycles. The number of aromatic nitrogens is 2. The summed E-state index contributed by atoms with van der Waals surface area (Å²) >= 11 is 7.58. The van der Waals surface area contributed by atoms with Gasteiger partial charge in [-0.05, 0) is 24.6 Å². The molecule has 3 aromatic rings. The van der Waals surface area contributed by atoms with Gasteiger partial charge in [-0.25, -0.2) is 9.37 Å². The molecule has 1 amide bonds. The predicted molar refractivity (Wildman–Crippen MR) is 127 cm³/mol. The number of nitrogens with one attached hydrogen (secondary N) is 1. The maximum atomic E-state index is 14.0. The van der Waals surface area contributed by atoms with Gasteiger partial charge < -0.3 is 9.88 Å². The number of H-pyrrole nitrogens is 1. The van der Waals surface area contributed by atoms with Crippen LogP contribution >= 0.6 is 23.4 Å². The molecule has 32 heavy (non-hydrogen) atoms. The average molecular weight is 473 g/mol. The lowest BCUT2D eigenvalue weighted by atomic mass is 10.1. The van der Waals surface area contributed by atoms with Crippen molar-refractivity contribution in [3.63, 3.8) is 0 Å². The van der Waals surface area contributed by atoms with Gasteiger partial charge in [0.1, 0.15) is 5.82 Å². The summed E-state index contributed by atoms with van der Waals surface area (Å²) in [6, 6.07) is 15.0. The second-order valence-electron chi connectivity index (χ2n) is 7.92. The fourth-order valence-corrected chi connectivity index (χ4v) is 4.85. The molecule has 4 rings (SSSR count). The lowest BCUT2D eigenvalue weighted by molar-refractivity contribution is -0.130. The van der Waals surface area contributed by atoms with Gasteiger partial charge in [-0.1, -0.05) is 59.8 Å². The van der Waals surface area contributed by atoms with E-state index in [2.05, 4.69) is 27.0 Å². The van der Waals surface area contributed by atoms with Gasteiger partial charge in [0.2, 0.25) is 5.91 Å². The molecule has 8 heteroatoms. The third-order valence-electron chi connectivity index (χ3n) is 5.68. The Morgan fingerprint density at radius 1 is 1.12 bits per heavy atom. The second-order valence-corrected chi connectivity index (χ2v) is 9.29. The van der Waals surface area contributed by atoms with E-state index >= 15 is 0 Å². The Balaban J connectivity index is 1.25. The SMILES string of the molecule is Cc1[nH]c(SCC(=O)N2CCN(Cc3c(F)cccc3Cl)CC2)nc1Cc1ccccc1. The summed E-state index contributed by atoms with van der Waals surface area (Å²) in [5, 5.41) is 1.22. The van der Waals surface area contributed by atoms with E-state index in [0.717, 1.165) is 23.0 Å². The predicted octanol–water partition coefficient (Wildman–Crippen LogP) is 4.54. The standard InChI is InChI=1S/C24H26ClFN4OS/c1-17-22(14-18-6-3-2-4-7-18)28-24(27-17)32-16-23(31)30-12-10-29(11-13-30)15-19-20(25)8-5-9-21(19)26/h2-9H,10-16H2,1H3,(H,27,28). The minimum absolute atomic E-state index is 0.0947. The van der Waals surface area contributed by atoms with Gasteiger partial charge in [-0.2, -0.15) is 0 Å². The molecule has 168 valence electrons. The summed E-state index contributed by atoms with van der Waals surface area (Å²) < 4.78 is 14.0. The molecule has 1 aromatic heterocycles. The average Bonchev–Trinajstić information content (AvgIpc) is 3.15. The first-order valence-electron chi connectivity index (χ1n) is 10.6. The van der Waals surface area contributed by atoms with E-state index in [0.29, 0.717) is 49.1 Å². The molecule has 0 unspecified atom stereocenters. The number of halogens is 2. The summed E-state index contributed by atoms with van der Waals surface area (Å²) in [6.07, 6.45) is 0.770. The molecule has 1 aliphatic rings. The zero-order valence-corrected chi connectivity index (χ0v) is 19.6. The lowest BCUT2D eigenvalue weighted by Gasteiger charge is -2.34. The number of aromatic amines is 1. The number of thioether (sulfide) groups is 1. The highest BCUT2D eigenvalue weighted by molar-refractivity contribution is 7.99. The molecule has 0 radical (unpaired) electrons. The van der Waals surface area contributed by atoms with Crippen LogP contribution in [0.4, 0.5) is 4.39 Å². The number of aryl methyl sites for hydroxylation is 1. The fourth-order valence-electron chi connectivity index (χ4n) is 3.78. The third kappa shape index (κ3) is 5.71. The van der Waals surface area contributed by atoms with Crippen LogP contribution in [0.5, 0.6) is 0 Å². The van der Waals surface area contributed by atoms with Crippen molar-refractivity contribution < 1.29 is 9.18 Å². The number of carbonyl (C=O) groups is 1. The number of amides is 1. The van der Waals surface area contributed by atoms with Crippen LogP contribution in [0.2, 0.25) is 5.02 Å². The Bertz CT molecular complexity index is 1050. The monoisotopic (exact) mass is 472 g/mol. The molecule has 1 aliphatic heterocycles. The van der Waals surface area contributed by atoms with Gasteiger partial charge in [-0.15, -0.1) is 0 Å². The summed E-state index contributed by atoms with van der Waals surface area (Å²) in [7, 11) is 0. The molecular formula is C24H26ClFN4OS. The Morgan fingerprint density at radius 2 is 1.88 bits per heavy atom. The van der Waals surface area contributed by atoms with Gasteiger partial charge in [-0.3, -0.25) is 9.69 Å². The summed E-state index contributed by atoms with van der Waals surface area (Å²) in [6.45, 7) is 5.12.